The van der Waals surface area contributed by atoms with E-state index in [-0.39, 0.29) is 13.5 Å². The molecular formula is C16H27BrOS. The maximum atomic E-state index is 9.40. The van der Waals surface area contributed by atoms with Crippen LogP contribution in [-0.2, 0) is 0 Å². The van der Waals surface area contributed by atoms with Crippen LogP contribution in [0.15, 0.2) is 18.2 Å². The first-order valence-electron chi connectivity index (χ1n) is 7.08. The fourth-order valence-electron chi connectivity index (χ4n) is 2.27. The Balaban J connectivity index is 0.00000324. The Hall–Kier alpha value is -0.150. The predicted octanol–water partition coefficient (Wildman–Crippen LogP) is 6.00. The Bertz CT molecular complexity index is 355. The molecule has 1 unspecified atom stereocenters. The molecule has 1 N–H and O–H groups in total. The molecule has 1 aromatic carbocycles. The van der Waals surface area contributed by atoms with Crippen molar-refractivity contribution >= 4 is 29.4 Å². The quantitative estimate of drug-likeness (QED) is 0.452. The minimum absolute atomic E-state index is 0. The third kappa shape index (κ3) is 7.26. The highest BCUT2D eigenvalue weighted by Gasteiger charge is 2.10. The molecule has 1 aromatic rings. The topological polar surface area (TPSA) is 20.2 Å². The SMILES string of the molecule is CCCCCCCCC(Br)c1ccc(O)cc1C.S. The van der Waals surface area contributed by atoms with Crippen molar-refractivity contribution in [2.24, 2.45) is 0 Å². The van der Waals surface area contributed by atoms with Crippen LogP contribution in [0.4, 0.5) is 0 Å². The average Bonchev–Trinajstić information content (AvgIpc) is 2.33. The summed E-state index contributed by atoms with van der Waals surface area (Å²) in [6, 6.07) is 5.64. The van der Waals surface area contributed by atoms with Crippen molar-refractivity contribution < 1.29 is 5.11 Å². The van der Waals surface area contributed by atoms with E-state index in [1.54, 1.807) is 6.07 Å². The van der Waals surface area contributed by atoms with Crippen molar-refractivity contribution in [1.29, 1.82) is 0 Å². The van der Waals surface area contributed by atoms with Gasteiger partial charge in [-0.3, -0.25) is 0 Å². The number of benzene rings is 1. The Kier molecular flexibility index (Phi) is 10.5. The van der Waals surface area contributed by atoms with Gasteiger partial charge in [0.15, 0.2) is 0 Å². The molecular weight excluding hydrogens is 320 g/mol. The van der Waals surface area contributed by atoms with Gasteiger partial charge in [-0.1, -0.05) is 67.4 Å². The third-order valence-electron chi connectivity index (χ3n) is 3.40. The van der Waals surface area contributed by atoms with Gasteiger partial charge < -0.3 is 5.11 Å². The molecule has 0 aromatic heterocycles. The fourth-order valence-corrected chi connectivity index (χ4v) is 3.11. The number of aromatic hydroxyl groups is 1. The van der Waals surface area contributed by atoms with Gasteiger partial charge in [-0.2, -0.15) is 13.5 Å². The van der Waals surface area contributed by atoms with E-state index in [1.807, 2.05) is 12.1 Å². The lowest BCUT2D eigenvalue weighted by Crippen LogP contribution is -1.94. The molecule has 0 aliphatic carbocycles. The predicted molar refractivity (Wildman–Crippen MR) is 92.9 cm³/mol. The van der Waals surface area contributed by atoms with Crippen LogP contribution in [0.2, 0.25) is 0 Å². The van der Waals surface area contributed by atoms with Crippen molar-refractivity contribution in [2.75, 3.05) is 0 Å². The highest BCUT2D eigenvalue weighted by Crippen LogP contribution is 2.32. The van der Waals surface area contributed by atoms with E-state index in [2.05, 4.69) is 29.8 Å². The van der Waals surface area contributed by atoms with Gasteiger partial charge >= 0.3 is 0 Å². The van der Waals surface area contributed by atoms with Crippen molar-refractivity contribution in [3.63, 3.8) is 0 Å². The highest BCUT2D eigenvalue weighted by molar-refractivity contribution is 9.09. The second-order valence-electron chi connectivity index (χ2n) is 5.06. The molecule has 0 aliphatic heterocycles. The lowest BCUT2D eigenvalue weighted by molar-refractivity contribution is 0.474. The normalized spacial score (nSPS) is 11.9. The second-order valence-corrected chi connectivity index (χ2v) is 6.17. The molecule has 0 bridgehead atoms. The van der Waals surface area contributed by atoms with E-state index in [1.165, 1.54) is 56.1 Å². The molecule has 0 radical (unpaired) electrons. The maximum absolute atomic E-state index is 9.40. The molecule has 19 heavy (non-hydrogen) atoms. The molecule has 1 atom stereocenters. The Morgan fingerprint density at radius 1 is 1.11 bits per heavy atom. The number of halogens is 1. The smallest absolute Gasteiger partial charge is 0.115 e. The van der Waals surface area contributed by atoms with Gasteiger partial charge in [0, 0.05) is 4.83 Å². The molecule has 1 nitrogen and oxygen atoms in total. The largest absolute Gasteiger partial charge is 0.508 e. The van der Waals surface area contributed by atoms with Crippen LogP contribution in [0, 0.1) is 6.92 Å². The zero-order valence-electron chi connectivity index (χ0n) is 12.1. The molecule has 0 aliphatic rings. The summed E-state index contributed by atoms with van der Waals surface area (Å²) in [6.07, 6.45) is 9.21. The van der Waals surface area contributed by atoms with Gasteiger partial charge in [0.2, 0.25) is 0 Å². The van der Waals surface area contributed by atoms with Gasteiger partial charge in [-0.05, 0) is 36.6 Å². The summed E-state index contributed by atoms with van der Waals surface area (Å²) >= 11 is 3.76. The minimum atomic E-state index is 0. The molecule has 0 saturated heterocycles. The minimum Gasteiger partial charge on any atom is -0.508 e. The van der Waals surface area contributed by atoms with Crippen LogP contribution in [0.3, 0.4) is 0 Å². The first kappa shape index (κ1) is 18.9. The van der Waals surface area contributed by atoms with Gasteiger partial charge in [0.25, 0.3) is 0 Å². The number of hydrogen-bond acceptors (Lipinski definition) is 1. The number of rotatable bonds is 8. The standard InChI is InChI=1S/C16H25BrO.H2S/c1-3-4-5-6-7-8-9-16(17)15-11-10-14(18)12-13(15)2;/h10-12,16,18H,3-9H2,1-2H3;1H2. The van der Waals surface area contributed by atoms with Crippen molar-refractivity contribution in [1.82, 2.24) is 0 Å². The number of unbranched alkanes of at least 4 members (excludes halogenated alkanes) is 5. The van der Waals surface area contributed by atoms with E-state index in [0.717, 1.165) is 0 Å². The third-order valence-corrected chi connectivity index (χ3v) is 4.35. The van der Waals surface area contributed by atoms with Crippen LogP contribution in [0.25, 0.3) is 0 Å². The number of aryl methyl sites for hydroxylation is 1. The van der Waals surface area contributed by atoms with Crippen LogP contribution in [0.5, 0.6) is 5.75 Å². The molecule has 0 saturated carbocycles. The molecule has 0 amide bonds. The van der Waals surface area contributed by atoms with Crippen LogP contribution >= 0.6 is 29.4 Å². The molecule has 0 fully saturated rings. The summed E-state index contributed by atoms with van der Waals surface area (Å²) in [5.41, 5.74) is 2.48. The van der Waals surface area contributed by atoms with E-state index in [9.17, 15) is 5.11 Å². The first-order valence-corrected chi connectivity index (χ1v) is 8.00. The van der Waals surface area contributed by atoms with Gasteiger partial charge in [-0.25, -0.2) is 0 Å². The van der Waals surface area contributed by atoms with Crippen LogP contribution in [0.1, 0.15) is 67.8 Å². The lowest BCUT2D eigenvalue weighted by Gasteiger charge is -2.13. The van der Waals surface area contributed by atoms with E-state index in [0.29, 0.717) is 10.6 Å². The fraction of sp³-hybridized carbons (Fsp3) is 0.625. The van der Waals surface area contributed by atoms with Gasteiger partial charge in [0.05, 0.1) is 0 Å². The number of alkyl halides is 1. The summed E-state index contributed by atoms with van der Waals surface area (Å²) in [5.74, 6) is 0.357. The zero-order valence-corrected chi connectivity index (χ0v) is 14.7. The monoisotopic (exact) mass is 346 g/mol. The van der Waals surface area contributed by atoms with Crippen molar-refractivity contribution in [2.45, 2.75) is 63.6 Å². The first-order chi connectivity index (χ1) is 8.65. The van der Waals surface area contributed by atoms with Crippen molar-refractivity contribution in [3.8, 4) is 5.75 Å². The summed E-state index contributed by atoms with van der Waals surface area (Å²) in [4.78, 5) is 0.421. The van der Waals surface area contributed by atoms with Gasteiger partial charge in [0.1, 0.15) is 5.75 Å². The summed E-state index contributed by atoms with van der Waals surface area (Å²) in [7, 11) is 0. The Morgan fingerprint density at radius 2 is 1.74 bits per heavy atom. The zero-order chi connectivity index (χ0) is 13.4. The van der Waals surface area contributed by atoms with E-state index in [4.69, 9.17) is 0 Å². The van der Waals surface area contributed by atoms with E-state index >= 15 is 0 Å². The highest BCUT2D eigenvalue weighted by atomic mass is 79.9. The van der Waals surface area contributed by atoms with Crippen molar-refractivity contribution in [3.05, 3.63) is 29.3 Å². The average molecular weight is 347 g/mol. The summed E-state index contributed by atoms with van der Waals surface area (Å²) in [6.45, 7) is 4.31. The molecule has 3 heteroatoms. The van der Waals surface area contributed by atoms with E-state index < -0.39 is 0 Å². The Morgan fingerprint density at radius 3 is 2.37 bits per heavy atom. The lowest BCUT2D eigenvalue weighted by atomic mass is 10.0. The number of hydrogen-bond donors (Lipinski definition) is 1. The maximum Gasteiger partial charge on any atom is 0.115 e. The second kappa shape index (κ2) is 10.6. The van der Waals surface area contributed by atoms with Crippen LogP contribution < -0.4 is 0 Å². The molecule has 1 rings (SSSR count). The van der Waals surface area contributed by atoms with Crippen LogP contribution in [-0.4, -0.2) is 5.11 Å². The molecule has 0 heterocycles. The number of phenols is 1. The molecule has 110 valence electrons. The van der Waals surface area contributed by atoms with Gasteiger partial charge in [-0.15, -0.1) is 0 Å². The number of phenolic OH excluding ortho intramolecular Hbond substituents is 1. The summed E-state index contributed by atoms with van der Waals surface area (Å²) in [5, 5.41) is 9.40. The Labute approximate surface area is 133 Å². The summed E-state index contributed by atoms with van der Waals surface area (Å²) < 4.78 is 0. The molecule has 0 spiro atoms.